The van der Waals surface area contributed by atoms with Crippen molar-refractivity contribution in [1.82, 2.24) is 9.55 Å². The SMILES string of the molecule is Cc1cn([C@@H]2O[C@](F)(COP3(=O)OCc4cc(F)ccc4O3)[C@@H](O)[C@H]2O)c(=O)[nH]c1=S. The number of aliphatic hydroxyl groups is 2. The zero-order chi connectivity index (χ0) is 22.6. The summed E-state index contributed by atoms with van der Waals surface area (Å²) in [7, 11) is -4.34. The highest BCUT2D eigenvalue weighted by atomic mass is 32.1. The van der Waals surface area contributed by atoms with Gasteiger partial charge in [-0.3, -0.25) is 18.6 Å². The number of aliphatic hydroxyl groups excluding tert-OH is 2. The smallest absolute Gasteiger partial charge is 0.404 e. The minimum absolute atomic E-state index is 0.0243. The fraction of sp³-hybridized carbons (Fsp3) is 0.412. The molecule has 2 aliphatic heterocycles. The van der Waals surface area contributed by atoms with Gasteiger partial charge in [0, 0.05) is 17.3 Å². The molecule has 4 rings (SSSR count). The average Bonchev–Trinajstić information content (AvgIpc) is 2.94. The highest BCUT2D eigenvalue weighted by Gasteiger charge is 2.57. The van der Waals surface area contributed by atoms with Gasteiger partial charge in [-0.1, -0.05) is 12.2 Å². The topological polar surface area (TPSA) is 132 Å². The van der Waals surface area contributed by atoms with Crippen molar-refractivity contribution in [2.45, 2.75) is 37.8 Å². The summed E-state index contributed by atoms with van der Waals surface area (Å²) in [5.41, 5.74) is -0.0856. The number of aryl methyl sites for hydroxylation is 1. The fourth-order valence-electron chi connectivity index (χ4n) is 3.14. The molecule has 0 bridgehead atoms. The number of hydrogen-bond donors (Lipinski definition) is 3. The van der Waals surface area contributed by atoms with E-state index in [-0.39, 0.29) is 22.6 Å². The number of nitrogens with one attached hydrogen (secondary N) is 1. The summed E-state index contributed by atoms with van der Waals surface area (Å²) >= 11 is 4.94. The number of phosphoric ester groups is 1. The molecule has 31 heavy (non-hydrogen) atoms. The average molecular weight is 478 g/mol. The molecule has 0 amide bonds. The van der Waals surface area contributed by atoms with Gasteiger partial charge in [-0.2, -0.15) is 0 Å². The molecule has 0 spiro atoms. The van der Waals surface area contributed by atoms with Crippen molar-refractivity contribution in [3.05, 3.63) is 56.5 Å². The van der Waals surface area contributed by atoms with Crippen molar-refractivity contribution in [3.63, 3.8) is 0 Å². The lowest BCUT2D eigenvalue weighted by atomic mass is 10.1. The van der Waals surface area contributed by atoms with E-state index in [1.54, 1.807) is 6.92 Å². The van der Waals surface area contributed by atoms with Crippen molar-refractivity contribution in [3.8, 4) is 5.75 Å². The monoisotopic (exact) mass is 478 g/mol. The molecule has 1 saturated heterocycles. The van der Waals surface area contributed by atoms with E-state index in [0.29, 0.717) is 5.56 Å². The third-order valence-electron chi connectivity index (χ3n) is 4.82. The summed E-state index contributed by atoms with van der Waals surface area (Å²) in [6.45, 7) is 0.0911. The summed E-state index contributed by atoms with van der Waals surface area (Å²) in [5.74, 6) is -3.59. The Morgan fingerprint density at radius 2 is 2.19 bits per heavy atom. The minimum Gasteiger partial charge on any atom is -0.404 e. The van der Waals surface area contributed by atoms with E-state index in [1.165, 1.54) is 12.3 Å². The molecule has 168 valence electrons. The molecule has 1 aromatic carbocycles. The van der Waals surface area contributed by atoms with Crippen molar-refractivity contribution in [1.29, 1.82) is 0 Å². The van der Waals surface area contributed by atoms with Crippen molar-refractivity contribution in [2.24, 2.45) is 0 Å². The molecule has 2 aromatic rings. The van der Waals surface area contributed by atoms with E-state index in [9.17, 15) is 24.0 Å². The van der Waals surface area contributed by atoms with Crippen LogP contribution in [0, 0.1) is 17.4 Å². The van der Waals surface area contributed by atoms with E-state index >= 15 is 4.39 Å². The van der Waals surface area contributed by atoms with Crippen LogP contribution in [0.3, 0.4) is 0 Å². The van der Waals surface area contributed by atoms with Crippen LogP contribution >= 0.6 is 20.0 Å². The molecule has 1 unspecified atom stereocenters. The highest BCUT2D eigenvalue weighted by Crippen LogP contribution is 2.55. The largest absolute Gasteiger partial charge is 0.530 e. The van der Waals surface area contributed by atoms with E-state index < -0.39 is 50.2 Å². The number of hydrogen-bond acceptors (Lipinski definition) is 9. The fourth-order valence-corrected chi connectivity index (χ4v) is 4.51. The molecule has 2 aliphatic rings. The van der Waals surface area contributed by atoms with Crippen LogP contribution in [0.5, 0.6) is 5.75 Å². The number of aromatic nitrogens is 2. The Kier molecular flexibility index (Phi) is 5.63. The first-order valence-corrected chi connectivity index (χ1v) is 10.8. The van der Waals surface area contributed by atoms with E-state index in [2.05, 4.69) is 4.98 Å². The summed E-state index contributed by atoms with van der Waals surface area (Å²) in [5, 5.41) is 20.4. The zero-order valence-corrected chi connectivity index (χ0v) is 17.6. The van der Waals surface area contributed by atoms with E-state index in [1.807, 2.05) is 0 Å². The summed E-state index contributed by atoms with van der Waals surface area (Å²) in [6, 6.07) is 3.40. The van der Waals surface area contributed by atoms with Gasteiger partial charge in [0.25, 0.3) is 5.85 Å². The summed E-state index contributed by atoms with van der Waals surface area (Å²) < 4.78 is 62.3. The second-order valence-corrected chi connectivity index (χ2v) is 9.05. The van der Waals surface area contributed by atoms with Crippen molar-refractivity contribution in [2.75, 3.05) is 6.61 Å². The predicted molar refractivity (Wildman–Crippen MR) is 102 cm³/mol. The van der Waals surface area contributed by atoms with Crippen LogP contribution in [0.2, 0.25) is 0 Å². The Hall–Kier alpha value is -1.99. The predicted octanol–water partition coefficient (Wildman–Crippen LogP) is 2.00. The first-order chi connectivity index (χ1) is 14.5. The lowest BCUT2D eigenvalue weighted by Gasteiger charge is -2.28. The first-order valence-electron chi connectivity index (χ1n) is 8.93. The van der Waals surface area contributed by atoms with Gasteiger partial charge in [0.2, 0.25) is 0 Å². The number of rotatable bonds is 4. The number of benzene rings is 1. The molecule has 1 aromatic heterocycles. The van der Waals surface area contributed by atoms with Crippen LogP contribution < -0.4 is 10.2 Å². The zero-order valence-electron chi connectivity index (χ0n) is 15.9. The third-order valence-corrected chi connectivity index (χ3v) is 6.56. The molecule has 3 heterocycles. The Bertz CT molecular complexity index is 1190. The molecular weight excluding hydrogens is 461 g/mol. The molecule has 3 N–H and O–H groups in total. The van der Waals surface area contributed by atoms with Gasteiger partial charge in [-0.15, -0.1) is 0 Å². The van der Waals surface area contributed by atoms with Crippen LogP contribution in [0.25, 0.3) is 0 Å². The number of alkyl halides is 1. The second kappa shape index (κ2) is 7.85. The standard InChI is InChI=1S/C17H17F2N2O8PS/c1-8-5-21(16(24)20-14(8)31)15-12(22)13(23)17(19,28-15)7-27-30(25)26-6-9-4-10(18)2-3-11(9)29-30/h2-5,12-13,15,22-23H,6-7H2,1H3,(H,20,24,31)/t12-,13+,15-,17-,30?/m1/s1. The van der Waals surface area contributed by atoms with Crippen molar-refractivity contribution < 1.29 is 41.9 Å². The van der Waals surface area contributed by atoms with E-state index in [4.69, 9.17) is 30.5 Å². The Morgan fingerprint density at radius 3 is 2.94 bits per heavy atom. The van der Waals surface area contributed by atoms with Crippen molar-refractivity contribution >= 4 is 20.0 Å². The summed E-state index contributed by atoms with van der Waals surface area (Å²) in [6.07, 6.45) is -4.42. The van der Waals surface area contributed by atoms with Crippen LogP contribution in [0.1, 0.15) is 17.4 Å². The Balaban J connectivity index is 1.52. The molecule has 14 heteroatoms. The number of halogens is 2. The molecule has 10 nitrogen and oxygen atoms in total. The number of nitrogens with zero attached hydrogens (tertiary/aromatic N) is 1. The van der Waals surface area contributed by atoms with Gasteiger partial charge in [-0.25, -0.2) is 18.1 Å². The second-order valence-electron chi connectivity index (χ2n) is 7.05. The summed E-state index contributed by atoms with van der Waals surface area (Å²) in [4.78, 5) is 14.5. The number of phosphoric acid groups is 1. The molecular formula is C17H17F2N2O8PS. The highest BCUT2D eigenvalue weighted by molar-refractivity contribution is 7.71. The first kappa shape index (κ1) is 22.2. The molecule has 0 aliphatic carbocycles. The van der Waals surface area contributed by atoms with Gasteiger partial charge in [0.15, 0.2) is 6.23 Å². The van der Waals surface area contributed by atoms with Gasteiger partial charge < -0.3 is 19.5 Å². The third kappa shape index (κ3) is 4.10. The van der Waals surface area contributed by atoms with Gasteiger partial charge in [-0.05, 0) is 25.1 Å². The number of H-pyrrole nitrogens is 1. The Morgan fingerprint density at radius 1 is 1.45 bits per heavy atom. The number of fused-ring (bicyclic) bond motifs is 1. The molecule has 5 atom stereocenters. The quantitative estimate of drug-likeness (QED) is 0.446. The maximum atomic E-state index is 15.3. The molecule has 0 saturated carbocycles. The Labute approximate surface area is 178 Å². The van der Waals surface area contributed by atoms with Crippen LogP contribution in [-0.4, -0.2) is 44.4 Å². The maximum absolute atomic E-state index is 15.3. The van der Waals surface area contributed by atoms with E-state index in [0.717, 1.165) is 16.7 Å². The van der Waals surface area contributed by atoms with Gasteiger partial charge >= 0.3 is 13.5 Å². The lowest BCUT2D eigenvalue weighted by molar-refractivity contribution is -0.205. The van der Waals surface area contributed by atoms with Crippen LogP contribution in [0.15, 0.2) is 29.2 Å². The lowest BCUT2D eigenvalue weighted by Crippen LogP contribution is -2.43. The van der Waals surface area contributed by atoms with Gasteiger partial charge in [0.05, 0.1) is 6.61 Å². The molecule has 1 fully saturated rings. The van der Waals surface area contributed by atoms with Gasteiger partial charge in [0.1, 0.15) is 35.0 Å². The number of aromatic amines is 1. The van der Waals surface area contributed by atoms with Crippen LogP contribution in [0.4, 0.5) is 8.78 Å². The number of ether oxygens (including phenoxy) is 1. The normalized spacial score (nSPS) is 32.5. The minimum atomic E-state index is -4.34. The van der Waals surface area contributed by atoms with Crippen LogP contribution in [-0.2, 0) is 25.0 Å². The molecule has 0 radical (unpaired) electrons. The maximum Gasteiger partial charge on any atom is 0.530 e.